The number of rotatable bonds is 2. The Morgan fingerprint density at radius 2 is 2.25 bits per heavy atom. The van der Waals surface area contributed by atoms with E-state index < -0.39 is 5.97 Å². The van der Waals surface area contributed by atoms with Gasteiger partial charge in [0.15, 0.2) is 0 Å². The number of hydrogen-bond donors (Lipinski definition) is 1. The largest absolute Gasteiger partial charge is 0.481 e. The molecular formula is C15H13N3O2. The second-order valence-electron chi connectivity index (χ2n) is 4.93. The maximum atomic E-state index is 11.0. The molecule has 1 atom stereocenters. The lowest BCUT2D eigenvalue weighted by Gasteiger charge is -2.17. The maximum absolute atomic E-state index is 11.0. The quantitative estimate of drug-likeness (QED) is 0.900. The summed E-state index contributed by atoms with van der Waals surface area (Å²) in [5.41, 5.74) is 1.34. The molecule has 20 heavy (non-hydrogen) atoms. The second-order valence-corrected chi connectivity index (χ2v) is 4.93. The number of anilines is 1. The number of hydrogen-bond acceptors (Lipinski definition) is 4. The number of para-hydroxylation sites is 1. The molecule has 2 heterocycles. The summed E-state index contributed by atoms with van der Waals surface area (Å²) in [5.74, 6) is -0.438. The molecule has 0 radical (unpaired) electrons. The van der Waals surface area contributed by atoms with Crippen LogP contribution in [-0.2, 0) is 4.79 Å². The fraction of sp³-hybridized carbons (Fsp3) is 0.267. The van der Waals surface area contributed by atoms with Gasteiger partial charge in [-0.25, -0.2) is 4.98 Å². The third-order valence-electron chi connectivity index (χ3n) is 3.68. The number of carbonyl (C=O) groups is 1. The highest BCUT2D eigenvalue weighted by Gasteiger charge is 2.29. The van der Waals surface area contributed by atoms with Gasteiger partial charge < -0.3 is 10.0 Å². The summed E-state index contributed by atoms with van der Waals surface area (Å²) in [6, 6.07) is 11.4. The number of aliphatic carboxylic acids is 1. The minimum absolute atomic E-state index is 0.353. The van der Waals surface area contributed by atoms with E-state index in [1.54, 1.807) is 6.07 Å². The third-order valence-corrected chi connectivity index (χ3v) is 3.68. The summed E-state index contributed by atoms with van der Waals surface area (Å²) < 4.78 is 0. The van der Waals surface area contributed by atoms with Gasteiger partial charge in [-0.2, -0.15) is 5.26 Å². The zero-order valence-electron chi connectivity index (χ0n) is 10.8. The first kappa shape index (κ1) is 12.4. The molecule has 5 nitrogen and oxygen atoms in total. The van der Waals surface area contributed by atoms with Gasteiger partial charge in [0, 0.05) is 18.5 Å². The highest BCUT2D eigenvalue weighted by Crippen LogP contribution is 2.26. The van der Waals surface area contributed by atoms with Crippen molar-refractivity contribution < 1.29 is 9.90 Å². The molecule has 100 valence electrons. The minimum Gasteiger partial charge on any atom is -0.481 e. The molecule has 1 fully saturated rings. The molecular weight excluding hydrogens is 254 g/mol. The monoisotopic (exact) mass is 267 g/mol. The molecule has 0 saturated carbocycles. The Kier molecular flexibility index (Phi) is 2.99. The van der Waals surface area contributed by atoms with Gasteiger partial charge in [0.2, 0.25) is 0 Å². The Morgan fingerprint density at radius 3 is 2.95 bits per heavy atom. The number of carboxylic acid groups (broad SMARTS) is 1. The van der Waals surface area contributed by atoms with E-state index in [-0.39, 0.29) is 5.92 Å². The summed E-state index contributed by atoms with van der Waals surface area (Å²) in [7, 11) is 0. The summed E-state index contributed by atoms with van der Waals surface area (Å²) in [6.45, 7) is 1.11. The first-order valence-corrected chi connectivity index (χ1v) is 6.46. The fourth-order valence-corrected chi connectivity index (χ4v) is 2.59. The Balaban J connectivity index is 2.01. The van der Waals surface area contributed by atoms with Crippen molar-refractivity contribution in [2.24, 2.45) is 5.92 Å². The highest BCUT2D eigenvalue weighted by atomic mass is 16.4. The van der Waals surface area contributed by atoms with Crippen LogP contribution in [0.1, 0.15) is 12.0 Å². The predicted octanol–water partition coefficient (Wildman–Crippen LogP) is 2.02. The molecule has 0 bridgehead atoms. The van der Waals surface area contributed by atoms with Gasteiger partial charge in [0.25, 0.3) is 0 Å². The number of carboxylic acids is 1. The van der Waals surface area contributed by atoms with E-state index >= 15 is 0 Å². The van der Waals surface area contributed by atoms with E-state index in [4.69, 9.17) is 5.11 Å². The average Bonchev–Trinajstić information content (AvgIpc) is 2.96. The zero-order chi connectivity index (χ0) is 14.1. The minimum atomic E-state index is -0.770. The summed E-state index contributed by atoms with van der Waals surface area (Å²) in [6.07, 6.45) is 0.617. The number of nitrogens with zero attached hydrogens (tertiary/aromatic N) is 3. The van der Waals surface area contributed by atoms with Gasteiger partial charge in [-0.15, -0.1) is 0 Å². The lowest BCUT2D eigenvalue weighted by atomic mass is 10.1. The van der Waals surface area contributed by atoms with E-state index in [1.807, 2.05) is 29.2 Å². The summed E-state index contributed by atoms with van der Waals surface area (Å²) in [4.78, 5) is 17.5. The van der Waals surface area contributed by atoms with E-state index in [0.29, 0.717) is 30.9 Å². The SMILES string of the molecule is N#Cc1cc(N2CCC(C(=O)O)C2)nc2ccccc12. The van der Waals surface area contributed by atoms with Gasteiger partial charge in [0.1, 0.15) is 5.82 Å². The first-order valence-electron chi connectivity index (χ1n) is 6.46. The van der Waals surface area contributed by atoms with Crippen molar-refractivity contribution in [1.29, 1.82) is 5.26 Å². The van der Waals surface area contributed by atoms with Crippen LogP contribution < -0.4 is 4.90 Å². The van der Waals surface area contributed by atoms with Gasteiger partial charge in [-0.1, -0.05) is 18.2 Å². The second kappa shape index (κ2) is 4.82. The van der Waals surface area contributed by atoms with Crippen molar-refractivity contribution in [3.05, 3.63) is 35.9 Å². The topological polar surface area (TPSA) is 77.2 Å². The normalized spacial score (nSPS) is 18.1. The van der Waals surface area contributed by atoms with Crippen LogP contribution >= 0.6 is 0 Å². The average molecular weight is 267 g/mol. The lowest BCUT2D eigenvalue weighted by molar-refractivity contribution is -0.140. The van der Waals surface area contributed by atoms with Crippen LogP contribution in [-0.4, -0.2) is 29.1 Å². The Morgan fingerprint density at radius 1 is 1.45 bits per heavy atom. The van der Waals surface area contributed by atoms with Gasteiger partial charge >= 0.3 is 5.97 Å². The number of benzene rings is 1. The van der Waals surface area contributed by atoms with E-state index in [0.717, 1.165) is 10.9 Å². The van der Waals surface area contributed by atoms with Crippen LogP contribution in [0.15, 0.2) is 30.3 Å². The molecule has 3 rings (SSSR count). The number of aromatic nitrogens is 1. The molecule has 0 spiro atoms. The van der Waals surface area contributed by atoms with Crippen molar-refractivity contribution in [3.63, 3.8) is 0 Å². The van der Waals surface area contributed by atoms with Gasteiger partial charge in [-0.05, 0) is 18.6 Å². The standard InChI is InChI=1S/C15H13N3O2/c16-8-11-7-14(17-13-4-2-1-3-12(11)13)18-6-5-10(9-18)15(19)20/h1-4,7,10H,5-6,9H2,(H,19,20). The van der Waals surface area contributed by atoms with Crippen molar-refractivity contribution in [1.82, 2.24) is 4.98 Å². The molecule has 2 aromatic rings. The smallest absolute Gasteiger partial charge is 0.308 e. The van der Waals surface area contributed by atoms with E-state index in [9.17, 15) is 10.1 Å². The third kappa shape index (κ3) is 2.05. The van der Waals surface area contributed by atoms with Crippen LogP contribution in [0.4, 0.5) is 5.82 Å². The van der Waals surface area contributed by atoms with Crippen molar-refractivity contribution in [2.45, 2.75) is 6.42 Å². The van der Waals surface area contributed by atoms with Crippen molar-refractivity contribution >= 4 is 22.7 Å². The number of fused-ring (bicyclic) bond motifs is 1. The molecule has 1 aromatic carbocycles. The molecule has 5 heteroatoms. The summed E-state index contributed by atoms with van der Waals surface area (Å²) >= 11 is 0. The van der Waals surface area contributed by atoms with Crippen LogP contribution in [0.3, 0.4) is 0 Å². The molecule has 0 aliphatic carbocycles. The Hall–Kier alpha value is -2.61. The fourth-order valence-electron chi connectivity index (χ4n) is 2.59. The number of pyridine rings is 1. The Bertz CT molecular complexity index is 721. The van der Waals surface area contributed by atoms with Crippen LogP contribution in [0.5, 0.6) is 0 Å². The molecule has 1 aromatic heterocycles. The summed E-state index contributed by atoms with van der Waals surface area (Å²) in [5, 5.41) is 19.1. The van der Waals surface area contributed by atoms with Crippen molar-refractivity contribution in [2.75, 3.05) is 18.0 Å². The van der Waals surface area contributed by atoms with Crippen molar-refractivity contribution in [3.8, 4) is 6.07 Å². The van der Waals surface area contributed by atoms with E-state index in [2.05, 4.69) is 11.1 Å². The lowest BCUT2D eigenvalue weighted by Crippen LogP contribution is -2.23. The molecule has 1 saturated heterocycles. The molecule has 1 aliphatic rings. The van der Waals surface area contributed by atoms with E-state index in [1.165, 1.54) is 0 Å². The Labute approximate surface area is 116 Å². The van der Waals surface area contributed by atoms with Gasteiger partial charge in [0.05, 0.1) is 23.1 Å². The predicted molar refractivity (Wildman–Crippen MR) is 74.4 cm³/mol. The molecule has 0 amide bonds. The maximum Gasteiger partial charge on any atom is 0.308 e. The molecule has 1 unspecified atom stereocenters. The number of nitriles is 1. The van der Waals surface area contributed by atoms with Gasteiger partial charge in [-0.3, -0.25) is 4.79 Å². The molecule has 1 aliphatic heterocycles. The van der Waals surface area contributed by atoms with Crippen LogP contribution in [0.25, 0.3) is 10.9 Å². The van der Waals surface area contributed by atoms with Crippen LogP contribution in [0.2, 0.25) is 0 Å². The molecule has 1 N–H and O–H groups in total. The highest BCUT2D eigenvalue weighted by molar-refractivity contribution is 5.86. The first-order chi connectivity index (χ1) is 9.69. The van der Waals surface area contributed by atoms with Crippen LogP contribution in [0, 0.1) is 17.2 Å². The zero-order valence-corrected chi connectivity index (χ0v) is 10.8.